The average molecular weight is 367 g/mol. The lowest BCUT2D eigenvalue weighted by molar-refractivity contribution is -0.137. The molecule has 148 valence electrons. The van der Waals surface area contributed by atoms with E-state index >= 15 is 0 Å². The second kappa shape index (κ2) is 7.68. The van der Waals surface area contributed by atoms with Gasteiger partial charge in [0, 0.05) is 19.0 Å². The SMILES string of the molecule is C=C[C@@H]1CN(C(=O)OC(C)(C)C)C[C@@](NC(C)=O)(C(=O)NC(C)(C)C)C1. The van der Waals surface area contributed by atoms with Crippen LogP contribution >= 0.6 is 0 Å². The Balaban J connectivity index is 3.21. The first-order chi connectivity index (χ1) is 11.7. The quantitative estimate of drug-likeness (QED) is 0.749. The molecule has 1 fully saturated rings. The second-order valence-electron chi connectivity index (χ2n) is 9.03. The first-order valence-electron chi connectivity index (χ1n) is 8.89. The van der Waals surface area contributed by atoms with Crippen LogP contribution in [0.15, 0.2) is 12.7 Å². The van der Waals surface area contributed by atoms with Gasteiger partial charge in [-0.3, -0.25) is 9.59 Å². The van der Waals surface area contributed by atoms with Crippen molar-refractivity contribution >= 4 is 17.9 Å². The largest absolute Gasteiger partial charge is 0.444 e. The molecule has 1 aliphatic rings. The monoisotopic (exact) mass is 367 g/mol. The van der Waals surface area contributed by atoms with Crippen molar-refractivity contribution < 1.29 is 19.1 Å². The molecule has 7 heteroatoms. The maximum Gasteiger partial charge on any atom is 0.410 e. The number of likely N-dealkylation sites (tertiary alicyclic amines) is 1. The molecule has 1 heterocycles. The predicted octanol–water partition coefficient (Wildman–Crippen LogP) is 2.22. The van der Waals surface area contributed by atoms with Gasteiger partial charge in [-0.2, -0.15) is 0 Å². The summed E-state index contributed by atoms with van der Waals surface area (Å²) in [7, 11) is 0. The molecule has 26 heavy (non-hydrogen) atoms. The molecular formula is C19H33N3O4. The third-order valence-electron chi connectivity index (χ3n) is 3.85. The van der Waals surface area contributed by atoms with Crippen LogP contribution in [0.4, 0.5) is 4.79 Å². The summed E-state index contributed by atoms with van der Waals surface area (Å²) in [5.74, 6) is -0.794. The van der Waals surface area contributed by atoms with Crippen molar-refractivity contribution in [1.29, 1.82) is 0 Å². The Kier molecular flexibility index (Phi) is 6.49. The van der Waals surface area contributed by atoms with Gasteiger partial charge in [-0.15, -0.1) is 6.58 Å². The molecule has 1 aliphatic heterocycles. The molecule has 0 unspecified atom stereocenters. The van der Waals surface area contributed by atoms with Crippen LogP contribution in [0.5, 0.6) is 0 Å². The smallest absolute Gasteiger partial charge is 0.410 e. The zero-order valence-corrected chi connectivity index (χ0v) is 17.1. The molecule has 0 aromatic carbocycles. The summed E-state index contributed by atoms with van der Waals surface area (Å²) in [6.45, 7) is 16.6. The van der Waals surface area contributed by atoms with E-state index in [4.69, 9.17) is 4.74 Å². The average Bonchev–Trinajstić information content (AvgIpc) is 2.42. The number of piperidine rings is 1. The Morgan fingerprint density at radius 3 is 2.19 bits per heavy atom. The number of nitrogens with one attached hydrogen (secondary N) is 2. The number of carbonyl (C=O) groups is 3. The van der Waals surface area contributed by atoms with Crippen molar-refractivity contribution in [3.8, 4) is 0 Å². The Bertz CT molecular complexity index is 574. The maximum absolute atomic E-state index is 13.0. The summed E-state index contributed by atoms with van der Waals surface area (Å²) in [5.41, 5.74) is -2.35. The van der Waals surface area contributed by atoms with Crippen molar-refractivity contribution in [2.45, 2.75) is 71.6 Å². The molecule has 1 saturated heterocycles. The fraction of sp³-hybridized carbons (Fsp3) is 0.737. The van der Waals surface area contributed by atoms with Crippen LogP contribution in [0.3, 0.4) is 0 Å². The Morgan fingerprint density at radius 2 is 1.77 bits per heavy atom. The van der Waals surface area contributed by atoms with Crippen LogP contribution in [-0.4, -0.2) is 52.6 Å². The third-order valence-corrected chi connectivity index (χ3v) is 3.85. The van der Waals surface area contributed by atoms with Crippen LogP contribution in [0.1, 0.15) is 54.9 Å². The highest BCUT2D eigenvalue weighted by molar-refractivity contribution is 5.92. The number of amides is 3. The van der Waals surface area contributed by atoms with Gasteiger partial charge >= 0.3 is 6.09 Å². The highest BCUT2D eigenvalue weighted by atomic mass is 16.6. The number of carbonyl (C=O) groups excluding carboxylic acids is 3. The van der Waals surface area contributed by atoms with Gasteiger partial charge in [-0.05, 0) is 53.9 Å². The van der Waals surface area contributed by atoms with E-state index in [9.17, 15) is 14.4 Å². The van der Waals surface area contributed by atoms with Crippen molar-refractivity contribution in [3.05, 3.63) is 12.7 Å². The lowest BCUT2D eigenvalue weighted by atomic mass is 9.81. The van der Waals surface area contributed by atoms with E-state index in [1.807, 2.05) is 20.8 Å². The molecule has 1 rings (SSSR count). The van der Waals surface area contributed by atoms with Crippen molar-refractivity contribution in [2.75, 3.05) is 13.1 Å². The standard InChI is InChI=1S/C19H33N3O4/c1-9-14-10-19(20-13(2)23,15(24)21-17(3,4)5)12-22(11-14)16(25)26-18(6,7)8/h9,14H,1,10-12H2,2-8H3,(H,20,23)(H,21,24)/t14-,19+/m0/s1. The van der Waals surface area contributed by atoms with E-state index in [-0.39, 0.29) is 24.3 Å². The maximum atomic E-state index is 13.0. The number of hydrogen-bond acceptors (Lipinski definition) is 4. The molecule has 3 amide bonds. The third kappa shape index (κ3) is 6.35. The lowest BCUT2D eigenvalue weighted by Crippen LogP contribution is -2.69. The van der Waals surface area contributed by atoms with E-state index in [2.05, 4.69) is 17.2 Å². The molecule has 2 atom stereocenters. The van der Waals surface area contributed by atoms with Crippen molar-refractivity contribution in [1.82, 2.24) is 15.5 Å². The number of nitrogens with zero attached hydrogens (tertiary/aromatic N) is 1. The van der Waals surface area contributed by atoms with Gasteiger partial charge in [-0.1, -0.05) is 6.08 Å². The van der Waals surface area contributed by atoms with Crippen LogP contribution in [-0.2, 0) is 14.3 Å². The zero-order valence-electron chi connectivity index (χ0n) is 17.1. The Morgan fingerprint density at radius 1 is 1.19 bits per heavy atom. The van der Waals surface area contributed by atoms with Crippen molar-refractivity contribution in [3.63, 3.8) is 0 Å². The minimum Gasteiger partial charge on any atom is -0.444 e. The molecule has 2 N–H and O–H groups in total. The summed E-state index contributed by atoms with van der Waals surface area (Å²) < 4.78 is 5.46. The predicted molar refractivity (Wildman–Crippen MR) is 101 cm³/mol. The van der Waals surface area contributed by atoms with Crippen LogP contribution in [0.25, 0.3) is 0 Å². The number of rotatable bonds is 3. The fourth-order valence-corrected chi connectivity index (χ4v) is 2.98. The minimum absolute atomic E-state index is 0.0494. The van der Waals surface area contributed by atoms with Gasteiger partial charge in [-0.25, -0.2) is 4.79 Å². The van der Waals surface area contributed by atoms with Gasteiger partial charge in [0.1, 0.15) is 11.1 Å². The molecule has 0 aromatic rings. The summed E-state index contributed by atoms with van der Waals surface area (Å²) >= 11 is 0. The van der Waals surface area contributed by atoms with E-state index in [0.717, 1.165) is 0 Å². The molecule has 7 nitrogen and oxygen atoms in total. The minimum atomic E-state index is -1.23. The van der Waals surface area contributed by atoms with E-state index in [1.54, 1.807) is 26.8 Å². The summed E-state index contributed by atoms with van der Waals surface area (Å²) in [6.07, 6.45) is 1.57. The van der Waals surface area contributed by atoms with Crippen LogP contribution < -0.4 is 10.6 Å². The van der Waals surface area contributed by atoms with Crippen LogP contribution in [0, 0.1) is 5.92 Å². The van der Waals surface area contributed by atoms with Gasteiger partial charge in [0.2, 0.25) is 11.8 Å². The second-order valence-corrected chi connectivity index (χ2v) is 9.03. The molecule has 0 saturated carbocycles. The highest BCUT2D eigenvalue weighted by Crippen LogP contribution is 2.29. The summed E-state index contributed by atoms with van der Waals surface area (Å²) in [4.78, 5) is 38.9. The Hall–Kier alpha value is -2.05. The normalized spacial score (nSPS) is 23.8. The fourth-order valence-electron chi connectivity index (χ4n) is 2.98. The zero-order chi connectivity index (χ0) is 20.3. The van der Waals surface area contributed by atoms with Gasteiger partial charge in [0.25, 0.3) is 0 Å². The van der Waals surface area contributed by atoms with Crippen molar-refractivity contribution in [2.24, 2.45) is 5.92 Å². The number of ether oxygens (including phenoxy) is 1. The summed E-state index contributed by atoms with van der Waals surface area (Å²) in [5, 5.41) is 5.70. The molecule has 0 radical (unpaired) electrons. The Labute approximate surface area is 156 Å². The topological polar surface area (TPSA) is 87.7 Å². The van der Waals surface area contributed by atoms with Gasteiger partial charge < -0.3 is 20.3 Å². The molecule has 0 aliphatic carbocycles. The van der Waals surface area contributed by atoms with E-state index in [1.165, 1.54) is 11.8 Å². The molecular weight excluding hydrogens is 334 g/mol. The van der Waals surface area contributed by atoms with Gasteiger partial charge in [0.05, 0.1) is 6.54 Å². The van der Waals surface area contributed by atoms with Crippen LogP contribution in [0.2, 0.25) is 0 Å². The first-order valence-corrected chi connectivity index (χ1v) is 8.89. The van der Waals surface area contributed by atoms with E-state index in [0.29, 0.717) is 13.0 Å². The molecule has 0 spiro atoms. The first kappa shape index (κ1) is 22.0. The van der Waals surface area contributed by atoms with E-state index < -0.39 is 22.8 Å². The number of hydrogen-bond donors (Lipinski definition) is 2. The summed E-state index contributed by atoms with van der Waals surface area (Å²) in [6, 6.07) is 0. The molecule has 0 aromatic heterocycles. The lowest BCUT2D eigenvalue weighted by Gasteiger charge is -2.45. The molecule has 0 bridgehead atoms. The van der Waals surface area contributed by atoms with Gasteiger partial charge in [0.15, 0.2) is 0 Å². The highest BCUT2D eigenvalue weighted by Gasteiger charge is 2.48.